The maximum absolute atomic E-state index is 11.6. The van der Waals surface area contributed by atoms with Gasteiger partial charge in [0.05, 0.1) is 0 Å². The van der Waals surface area contributed by atoms with Crippen LogP contribution in [0.5, 0.6) is 0 Å². The minimum atomic E-state index is -0.907. The fraction of sp³-hybridized carbons (Fsp3) is 0.818. The summed E-state index contributed by atoms with van der Waals surface area (Å²) in [4.78, 5) is 22.4. The van der Waals surface area contributed by atoms with Crippen LogP contribution in [-0.4, -0.2) is 22.5 Å². The van der Waals surface area contributed by atoms with E-state index >= 15 is 0 Å². The van der Waals surface area contributed by atoms with Gasteiger partial charge in [0.1, 0.15) is 5.54 Å². The summed E-state index contributed by atoms with van der Waals surface area (Å²) in [5, 5.41) is 11.6. The van der Waals surface area contributed by atoms with Crippen LogP contribution in [0.3, 0.4) is 0 Å². The third kappa shape index (κ3) is 2.30. The largest absolute Gasteiger partial charge is 0.480 e. The highest BCUT2D eigenvalue weighted by atomic mass is 16.4. The van der Waals surface area contributed by atoms with Crippen LogP contribution in [0.15, 0.2) is 0 Å². The van der Waals surface area contributed by atoms with Gasteiger partial charge in [-0.3, -0.25) is 4.79 Å². The Labute approximate surface area is 89.0 Å². The predicted molar refractivity (Wildman–Crippen MR) is 54.3 cm³/mol. The molecule has 0 aliphatic heterocycles. The van der Waals surface area contributed by atoms with Gasteiger partial charge in [-0.25, -0.2) is 4.79 Å². The van der Waals surface area contributed by atoms with Crippen molar-refractivity contribution in [3.05, 3.63) is 0 Å². The van der Waals surface area contributed by atoms with Crippen molar-refractivity contribution in [3.63, 3.8) is 0 Å². The normalized spacial score (nSPS) is 23.7. The Morgan fingerprint density at radius 3 is 2.33 bits per heavy atom. The molecule has 4 nitrogen and oxygen atoms in total. The molecular weight excluding hydrogens is 194 g/mol. The number of hydrogen-bond acceptors (Lipinski definition) is 2. The van der Waals surface area contributed by atoms with Crippen LogP contribution < -0.4 is 5.32 Å². The van der Waals surface area contributed by atoms with Gasteiger partial charge in [-0.2, -0.15) is 0 Å². The number of rotatable bonds is 4. The molecule has 0 saturated heterocycles. The minimum absolute atomic E-state index is 0.0817. The number of aliphatic carboxylic acids is 1. The van der Waals surface area contributed by atoms with E-state index in [2.05, 4.69) is 5.32 Å². The highest BCUT2D eigenvalue weighted by Gasteiger charge is 2.51. The maximum atomic E-state index is 11.6. The first kappa shape index (κ1) is 10.5. The first-order valence-electron chi connectivity index (χ1n) is 5.67. The second kappa shape index (κ2) is 3.83. The van der Waals surface area contributed by atoms with Crippen molar-refractivity contribution in [3.8, 4) is 0 Å². The molecule has 0 aromatic heterocycles. The lowest BCUT2D eigenvalue weighted by Gasteiger charge is -2.14. The highest BCUT2D eigenvalue weighted by molar-refractivity contribution is 5.89. The second-order valence-electron chi connectivity index (χ2n) is 4.79. The SMILES string of the molecule is O=C(CC1CCCC1)NC1(C(=O)O)CC1. The third-order valence-electron chi connectivity index (χ3n) is 3.49. The van der Waals surface area contributed by atoms with Gasteiger partial charge in [-0.15, -0.1) is 0 Å². The van der Waals surface area contributed by atoms with Gasteiger partial charge in [0.15, 0.2) is 0 Å². The van der Waals surface area contributed by atoms with E-state index in [0.29, 0.717) is 25.2 Å². The van der Waals surface area contributed by atoms with Gasteiger partial charge >= 0.3 is 5.97 Å². The summed E-state index contributed by atoms with van der Waals surface area (Å²) in [5.74, 6) is -0.487. The van der Waals surface area contributed by atoms with Crippen LogP contribution in [0.4, 0.5) is 0 Å². The molecule has 0 atom stereocenters. The van der Waals surface area contributed by atoms with E-state index < -0.39 is 11.5 Å². The van der Waals surface area contributed by atoms with Crippen LogP contribution in [-0.2, 0) is 9.59 Å². The number of carboxylic acid groups (broad SMARTS) is 1. The first-order chi connectivity index (χ1) is 7.12. The lowest BCUT2D eigenvalue weighted by Crippen LogP contribution is -2.43. The Hall–Kier alpha value is -1.06. The van der Waals surface area contributed by atoms with Crippen molar-refractivity contribution < 1.29 is 14.7 Å². The van der Waals surface area contributed by atoms with E-state index in [1.807, 2.05) is 0 Å². The molecule has 0 aromatic carbocycles. The molecule has 0 unspecified atom stereocenters. The average molecular weight is 211 g/mol. The van der Waals surface area contributed by atoms with E-state index in [0.717, 1.165) is 12.8 Å². The van der Waals surface area contributed by atoms with E-state index in [4.69, 9.17) is 5.11 Å². The van der Waals surface area contributed by atoms with Gasteiger partial charge in [-0.1, -0.05) is 12.8 Å². The lowest BCUT2D eigenvalue weighted by molar-refractivity contribution is -0.143. The smallest absolute Gasteiger partial charge is 0.329 e. The number of amides is 1. The van der Waals surface area contributed by atoms with Crippen molar-refractivity contribution in [2.45, 2.75) is 50.5 Å². The molecule has 0 spiro atoms. The van der Waals surface area contributed by atoms with Crippen molar-refractivity contribution >= 4 is 11.9 Å². The van der Waals surface area contributed by atoms with Gasteiger partial charge < -0.3 is 10.4 Å². The Kier molecular flexibility index (Phi) is 2.67. The molecular formula is C11H17NO3. The third-order valence-corrected chi connectivity index (χ3v) is 3.49. The average Bonchev–Trinajstić information content (AvgIpc) is 2.75. The number of hydrogen-bond donors (Lipinski definition) is 2. The van der Waals surface area contributed by atoms with Gasteiger partial charge in [0.2, 0.25) is 5.91 Å². The monoisotopic (exact) mass is 211 g/mol. The summed E-state index contributed by atoms with van der Waals surface area (Å²) in [7, 11) is 0. The predicted octanol–water partition coefficient (Wildman–Crippen LogP) is 1.30. The molecule has 0 bridgehead atoms. The fourth-order valence-corrected chi connectivity index (χ4v) is 2.31. The number of nitrogens with one attached hydrogen (secondary N) is 1. The van der Waals surface area contributed by atoms with E-state index in [-0.39, 0.29) is 5.91 Å². The summed E-state index contributed by atoms with van der Waals surface area (Å²) in [6.45, 7) is 0. The van der Waals surface area contributed by atoms with Gasteiger partial charge in [0, 0.05) is 6.42 Å². The molecule has 0 heterocycles. The Bertz CT molecular complexity index is 278. The molecule has 1 amide bonds. The van der Waals surface area contributed by atoms with Crippen LogP contribution in [0.1, 0.15) is 44.9 Å². The van der Waals surface area contributed by atoms with Crippen molar-refractivity contribution in [1.82, 2.24) is 5.32 Å². The van der Waals surface area contributed by atoms with E-state index in [9.17, 15) is 9.59 Å². The Morgan fingerprint density at radius 2 is 1.87 bits per heavy atom. The van der Waals surface area contributed by atoms with E-state index in [1.54, 1.807) is 0 Å². The van der Waals surface area contributed by atoms with Crippen LogP contribution in [0, 0.1) is 5.92 Å². The molecule has 2 rings (SSSR count). The lowest BCUT2D eigenvalue weighted by atomic mass is 10.0. The molecule has 2 aliphatic rings. The summed E-state index contributed by atoms with van der Waals surface area (Å²) in [5.41, 5.74) is -0.907. The second-order valence-corrected chi connectivity index (χ2v) is 4.79. The molecule has 0 radical (unpaired) electrons. The molecule has 4 heteroatoms. The molecule has 2 saturated carbocycles. The highest BCUT2D eigenvalue weighted by Crippen LogP contribution is 2.36. The molecule has 2 aliphatic carbocycles. The molecule has 84 valence electrons. The summed E-state index contributed by atoms with van der Waals surface area (Å²) < 4.78 is 0. The van der Waals surface area contributed by atoms with E-state index in [1.165, 1.54) is 12.8 Å². The summed E-state index contributed by atoms with van der Waals surface area (Å²) in [6, 6.07) is 0. The van der Waals surface area contributed by atoms with Crippen molar-refractivity contribution in [2.75, 3.05) is 0 Å². The van der Waals surface area contributed by atoms with Crippen LogP contribution in [0.2, 0.25) is 0 Å². The quantitative estimate of drug-likeness (QED) is 0.736. The topological polar surface area (TPSA) is 66.4 Å². The number of carbonyl (C=O) groups excluding carboxylic acids is 1. The number of carbonyl (C=O) groups is 2. The Morgan fingerprint density at radius 1 is 1.27 bits per heavy atom. The zero-order chi connectivity index (χ0) is 10.9. The standard InChI is InChI=1S/C11H17NO3/c13-9(7-8-3-1-2-4-8)12-11(5-6-11)10(14)15/h8H,1-7H2,(H,12,13)(H,14,15). The fourth-order valence-electron chi connectivity index (χ4n) is 2.31. The molecule has 15 heavy (non-hydrogen) atoms. The summed E-state index contributed by atoms with van der Waals surface area (Å²) >= 11 is 0. The van der Waals surface area contributed by atoms with Crippen LogP contribution >= 0.6 is 0 Å². The first-order valence-corrected chi connectivity index (χ1v) is 5.67. The Balaban J connectivity index is 1.79. The van der Waals surface area contributed by atoms with Gasteiger partial charge in [-0.05, 0) is 31.6 Å². The molecule has 2 N–H and O–H groups in total. The van der Waals surface area contributed by atoms with Crippen molar-refractivity contribution in [1.29, 1.82) is 0 Å². The van der Waals surface area contributed by atoms with Gasteiger partial charge in [0.25, 0.3) is 0 Å². The zero-order valence-electron chi connectivity index (χ0n) is 8.79. The zero-order valence-corrected chi connectivity index (χ0v) is 8.79. The van der Waals surface area contributed by atoms with Crippen LogP contribution in [0.25, 0.3) is 0 Å². The van der Waals surface area contributed by atoms with Crippen molar-refractivity contribution in [2.24, 2.45) is 5.92 Å². The maximum Gasteiger partial charge on any atom is 0.329 e. The minimum Gasteiger partial charge on any atom is -0.480 e. The summed E-state index contributed by atoms with van der Waals surface area (Å²) in [6.07, 6.45) is 6.33. The molecule has 2 fully saturated rings. The molecule has 0 aromatic rings. The number of carboxylic acids is 1.